The highest BCUT2D eigenvalue weighted by Crippen LogP contribution is 2.20. The number of carbonyl (C=O) groups excluding carboxylic acids is 1. The van der Waals surface area contributed by atoms with Crippen LogP contribution in [0.2, 0.25) is 0 Å². The van der Waals surface area contributed by atoms with Crippen LogP contribution in [-0.2, 0) is 10.0 Å². The molecule has 1 amide bonds. The van der Waals surface area contributed by atoms with E-state index in [9.17, 15) is 22.0 Å². The van der Waals surface area contributed by atoms with E-state index in [2.05, 4.69) is 10.0 Å². The van der Waals surface area contributed by atoms with Gasteiger partial charge in [-0.2, -0.15) is 0 Å². The average Bonchev–Trinajstić information content (AvgIpc) is 2.70. The lowest BCUT2D eigenvalue weighted by molar-refractivity contribution is 0.0939. The summed E-state index contributed by atoms with van der Waals surface area (Å²) in [5, 5.41) is 2.57. The zero-order chi connectivity index (χ0) is 21.0. The average molecular weight is 416 g/mol. The topological polar surface area (TPSA) is 75.3 Å². The van der Waals surface area contributed by atoms with Crippen LogP contribution in [0.3, 0.4) is 0 Å². The number of carbonyl (C=O) groups is 1. The minimum Gasteiger partial charge on any atom is -0.345 e. The van der Waals surface area contributed by atoms with Crippen molar-refractivity contribution < 1.29 is 22.0 Å². The highest BCUT2D eigenvalue weighted by molar-refractivity contribution is 7.92. The van der Waals surface area contributed by atoms with Crippen molar-refractivity contribution in [1.82, 2.24) is 5.32 Å². The molecule has 8 heteroatoms. The number of anilines is 1. The number of rotatable bonds is 6. The van der Waals surface area contributed by atoms with Gasteiger partial charge in [-0.3, -0.25) is 9.52 Å². The SMILES string of the molecule is CC(NC(=O)c1ccc(S(=O)(=O)Nc2ccccc2)cc1)c1cc(F)ccc1F. The minimum absolute atomic E-state index is 0.0119. The van der Waals surface area contributed by atoms with E-state index in [1.54, 1.807) is 30.3 Å². The van der Waals surface area contributed by atoms with Gasteiger partial charge in [0.1, 0.15) is 11.6 Å². The normalized spacial score (nSPS) is 12.2. The maximum atomic E-state index is 13.8. The molecule has 0 saturated carbocycles. The third-order valence-corrected chi connectivity index (χ3v) is 5.62. The fraction of sp³-hybridized carbons (Fsp3) is 0.0952. The van der Waals surface area contributed by atoms with Crippen LogP contribution in [0.25, 0.3) is 0 Å². The second-order valence-electron chi connectivity index (χ2n) is 6.36. The number of sulfonamides is 1. The number of amides is 1. The van der Waals surface area contributed by atoms with E-state index in [1.807, 2.05) is 0 Å². The largest absolute Gasteiger partial charge is 0.345 e. The molecule has 0 aromatic heterocycles. The quantitative estimate of drug-likeness (QED) is 0.631. The van der Waals surface area contributed by atoms with Crippen molar-refractivity contribution in [3.05, 3.63) is 95.6 Å². The van der Waals surface area contributed by atoms with Crippen LogP contribution in [-0.4, -0.2) is 14.3 Å². The molecule has 29 heavy (non-hydrogen) atoms. The Morgan fingerprint density at radius 2 is 1.59 bits per heavy atom. The highest BCUT2D eigenvalue weighted by atomic mass is 32.2. The van der Waals surface area contributed by atoms with Crippen molar-refractivity contribution in [3.63, 3.8) is 0 Å². The van der Waals surface area contributed by atoms with E-state index in [4.69, 9.17) is 0 Å². The van der Waals surface area contributed by atoms with Gasteiger partial charge in [-0.05, 0) is 61.5 Å². The summed E-state index contributed by atoms with van der Waals surface area (Å²) in [7, 11) is -3.81. The number of halogens is 2. The number of para-hydroxylation sites is 1. The van der Waals surface area contributed by atoms with Crippen molar-refractivity contribution in [1.29, 1.82) is 0 Å². The second-order valence-corrected chi connectivity index (χ2v) is 8.04. The molecule has 0 spiro atoms. The molecule has 2 N–H and O–H groups in total. The predicted octanol–water partition coefficient (Wildman–Crippen LogP) is 4.26. The molecule has 0 heterocycles. The molecular formula is C21H18F2N2O3S. The molecule has 0 aliphatic heterocycles. The molecule has 3 aromatic carbocycles. The van der Waals surface area contributed by atoms with Gasteiger partial charge in [0, 0.05) is 16.8 Å². The molecule has 0 aliphatic rings. The summed E-state index contributed by atoms with van der Waals surface area (Å²) < 4.78 is 54.5. The van der Waals surface area contributed by atoms with Gasteiger partial charge in [-0.25, -0.2) is 17.2 Å². The minimum atomic E-state index is -3.81. The molecule has 1 atom stereocenters. The van der Waals surface area contributed by atoms with Crippen LogP contribution in [0.1, 0.15) is 28.9 Å². The summed E-state index contributed by atoms with van der Waals surface area (Å²) in [4.78, 5) is 12.4. The summed E-state index contributed by atoms with van der Waals surface area (Å²) in [6.07, 6.45) is 0. The molecule has 3 rings (SSSR count). The lowest BCUT2D eigenvalue weighted by Gasteiger charge is -2.15. The maximum absolute atomic E-state index is 13.8. The third kappa shape index (κ3) is 4.97. The third-order valence-electron chi connectivity index (χ3n) is 4.22. The molecule has 150 valence electrons. The first kappa shape index (κ1) is 20.5. The van der Waals surface area contributed by atoms with E-state index < -0.39 is 33.6 Å². The van der Waals surface area contributed by atoms with Gasteiger partial charge in [0.25, 0.3) is 15.9 Å². The van der Waals surface area contributed by atoms with Crippen LogP contribution < -0.4 is 10.0 Å². The molecule has 0 fully saturated rings. The zero-order valence-corrected chi connectivity index (χ0v) is 16.2. The summed E-state index contributed by atoms with van der Waals surface area (Å²) in [5.41, 5.74) is 0.622. The number of benzene rings is 3. The van der Waals surface area contributed by atoms with Crippen molar-refractivity contribution in [2.24, 2.45) is 0 Å². The summed E-state index contributed by atoms with van der Waals surface area (Å²) in [6, 6.07) is 15.9. The molecule has 0 radical (unpaired) electrons. The van der Waals surface area contributed by atoms with Crippen molar-refractivity contribution in [3.8, 4) is 0 Å². The molecule has 0 aliphatic carbocycles. The standard InChI is InChI=1S/C21H18F2N2O3S/c1-14(19-13-16(22)9-12-20(19)23)24-21(26)15-7-10-18(11-8-15)29(27,28)25-17-5-3-2-4-6-17/h2-14,25H,1H3,(H,24,26). The summed E-state index contributed by atoms with van der Waals surface area (Å²) >= 11 is 0. The van der Waals surface area contributed by atoms with E-state index in [-0.39, 0.29) is 16.0 Å². The van der Waals surface area contributed by atoms with Gasteiger partial charge in [-0.15, -0.1) is 0 Å². The van der Waals surface area contributed by atoms with Crippen molar-refractivity contribution >= 4 is 21.6 Å². The summed E-state index contributed by atoms with van der Waals surface area (Å²) in [5.74, 6) is -1.78. The number of nitrogens with one attached hydrogen (secondary N) is 2. The van der Waals surface area contributed by atoms with Crippen LogP contribution in [0.5, 0.6) is 0 Å². The Balaban J connectivity index is 1.72. The van der Waals surface area contributed by atoms with Gasteiger partial charge in [0.05, 0.1) is 10.9 Å². The van der Waals surface area contributed by atoms with Crippen molar-refractivity contribution in [2.75, 3.05) is 4.72 Å². The summed E-state index contributed by atoms with van der Waals surface area (Å²) in [6.45, 7) is 1.53. The van der Waals surface area contributed by atoms with E-state index >= 15 is 0 Å². The van der Waals surface area contributed by atoms with Crippen LogP contribution in [0.15, 0.2) is 77.7 Å². The zero-order valence-electron chi connectivity index (χ0n) is 15.4. The molecule has 0 saturated heterocycles. The second kappa shape index (κ2) is 8.40. The number of hydrogen-bond donors (Lipinski definition) is 2. The predicted molar refractivity (Wildman–Crippen MR) is 106 cm³/mol. The van der Waals surface area contributed by atoms with Gasteiger partial charge in [-0.1, -0.05) is 18.2 Å². The Hall–Kier alpha value is -3.26. The Morgan fingerprint density at radius 3 is 2.24 bits per heavy atom. The highest BCUT2D eigenvalue weighted by Gasteiger charge is 2.18. The van der Waals surface area contributed by atoms with Crippen LogP contribution in [0, 0.1) is 11.6 Å². The van der Waals surface area contributed by atoms with Crippen molar-refractivity contribution in [2.45, 2.75) is 17.9 Å². The molecular weight excluding hydrogens is 398 g/mol. The van der Waals surface area contributed by atoms with Crippen LogP contribution in [0.4, 0.5) is 14.5 Å². The lowest BCUT2D eigenvalue weighted by Crippen LogP contribution is -2.27. The monoisotopic (exact) mass is 416 g/mol. The number of hydrogen-bond acceptors (Lipinski definition) is 3. The Morgan fingerprint density at radius 1 is 0.931 bits per heavy atom. The van der Waals surface area contributed by atoms with Gasteiger partial charge < -0.3 is 5.32 Å². The molecule has 3 aromatic rings. The van der Waals surface area contributed by atoms with Gasteiger partial charge in [0.15, 0.2) is 0 Å². The maximum Gasteiger partial charge on any atom is 0.261 e. The Labute approximate surface area is 167 Å². The molecule has 0 bridgehead atoms. The smallest absolute Gasteiger partial charge is 0.261 e. The lowest BCUT2D eigenvalue weighted by atomic mass is 10.1. The first-order valence-corrected chi connectivity index (χ1v) is 10.2. The van der Waals surface area contributed by atoms with Gasteiger partial charge >= 0.3 is 0 Å². The van der Waals surface area contributed by atoms with E-state index in [0.717, 1.165) is 18.2 Å². The molecule has 5 nitrogen and oxygen atoms in total. The Bertz CT molecular complexity index is 1120. The Kier molecular flexibility index (Phi) is 5.93. The van der Waals surface area contributed by atoms with E-state index in [1.165, 1.54) is 31.2 Å². The van der Waals surface area contributed by atoms with E-state index in [0.29, 0.717) is 5.69 Å². The first-order valence-electron chi connectivity index (χ1n) is 8.70. The molecule has 1 unspecified atom stereocenters. The first-order chi connectivity index (χ1) is 13.8. The fourth-order valence-electron chi connectivity index (χ4n) is 2.71. The fourth-order valence-corrected chi connectivity index (χ4v) is 3.77. The van der Waals surface area contributed by atoms with Gasteiger partial charge in [0.2, 0.25) is 0 Å². The van der Waals surface area contributed by atoms with Crippen LogP contribution >= 0.6 is 0 Å².